The number of amides is 1. The number of piperidine rings is 1. The summed E-state index contributed by atoms with van der Waals surface area (Å²) in [6.45, 7) is 2.08. The largest absolute Gasteiger partial charge is 0.480 e. The van der Waals surface area contributed by atoms with Crippen LogP contribution in [0.25, 0.3) is 0 Å². The Morgan fingerprint density at radius 3 is 2.72 bits per heavy atom. The van der Waals surface area contributed by atoms with Gasteiger partial charge in [-0.1, -0.05) is 0 Å². The normalized spacial score (nSPS) is 24.0. The fourth-order valence-electron chi connectivity index (χ4n) is 2.33. The molecule has 2 rings (SSSR count). The summed E-state index contributed by atoms with van der Waals surface area (Å²) in [6, 6.07) is 0. The lowest BCUT2D eigenvalue weighted by Gasteiger charge is -2.41. The maximum absolute atomic E-state index is 12.3. The van der Waals surface area contributed by atoms with Gasteiger partial charge in [0.25, 0.3) is 5.91 Å². The molecule has 1 saturated heterocycles. The molecule has 98 valence electrons. The first kappa shape index (κ1) is 12.6. The van der Waals surface area contributed by atoms with Crippen LogP contribution >= 0.6 is 0 Å². The number of aliphatic carboxylic acids is 1. The van der Waals surface area contributed by atoms with Crippen LogP contribution in [0.15, 0.2) is 12.5 Å². The van der Waals surface area contributed by atoms with Crippen molar-refractivity contribution >= 4 is 11.9 Å². The Labute approximate surface area is 105 Å². The zero-order valence-corrected chi connectivity index (χ0v) is 10.6. The molecule has 0 saturated carbocycles. The molecule has 0 aromatic carbocycles. The predicted octanol–water partition coefficient (Wildman–Crippen LogP) is 0.890. The van der Waals surface area contributed by atoms with Crippen LogP contribution in [0, 0.1) is 0 Å². The highest BCUT2D eigenvalue weighted by molar-refractivity contribution is 5.96. The van der Waals surface area contributed by atoms with E-state index in [9.17, 15) is 14.7 Å². The van der Waals surface area contributed by atoms with Crippen LogP contribution in [0.2, 0.25) is 0 Å². The number of carboxylic acids is 1. The van der Waals surface area contributed by atoms with Gasteiger partial charge in [0.1, 0.15) is 11.2 Å². The third kappa shape index (κ3) is 1.98. The van der Waals surface area contributed by atoms with Gasteiger partial charge in [0.05, 0.1) is 6.33 Å². The van der Waals surface area contributed by atoms with Crippen molar-refractivity contribution in [1.82, 2.24) is 14.5 Å². The van der Waals surface area contributed by atoms with Gasteiger partial charge in [0.15, 0.2) is 0 Å². The Kier molecular flexibility index (Phi) is 3.11. The fourth-order valence-corrected chi connectivity index (χ4v) is 2.33. The molecule has 0 bridgehead atoms. The first-order chi connectivity index (χ1) is 8.45. The van der Waals surface area contributed by atoms with Crippen molar-refractivity contribution < 1.29 is 14.7 Å². The number of likely N-dealkylation sites (tertiary alicyclic amines) is 1. The third-order valence-corrected chi connectivity index (χ3v) is 3.52. The van der Waals surface area contributed by atoms with E-state index in [1.807, 2.05) is 0 Å². The summed E-state index contributed by atoms with van der Waals surface area (Å²) in [5.41, 5.74) is -0.820. The van der Waals surface area contributed by atoms with Crippen LogP contribution in [0.4, 0.5) is 0 Å². The van der Waals surface area contributed by atoms with Crippen LogP contribution in [0.3, 0.4) is 0 Å². The number of rotatable bonds is 2. The van der Waals surface area contributed by atoms with E-state index in [0.717, 1.165) is 12.8 Å². The van der Waals surface area contributed by atoms with Crippen LogP contribution < -0.4 is 0 Å². The highest BCUT2D eigenvalue weighted by Gasteiger charge is 2.44. The van der Waals surface area contributed by atoms with E-state index in [-0.39, 0.29) is 5.91 Å². The number of aromatic nitrogens is 2. The lowest BCUT2D eigenvalue weighted by Crippen LogP contribution is -2.57. The first-order valence-electron chi connectivity index (χ1n) is 5.98. The van der Waals surface area contributed by atoms with Crippen LogP contribution in [-0.4, -0.2) is 43.5 Å². The van der Waals surface area contributed by atoms with Gasteiger partial charge in [-0.3, -0.25) is 4.79 Å². The molecule has 2 heterocycles. The SMILES string of the molecule is Cn1cnc(C(=O)N2CCCCC2(C)C(=O)O)c1. The minimum Gasteiger partial charge on any atom is -0.480 e. The van der Waals surface area contributed by atoms with Crippen LogP contribution in [-0.2, 0) is 11.8 Å². The molecule has 0 aliphatic carbocycles. The lowest BCUT2D eigenvalue weighted by molar-refractivity contribution is -0.150. The summed E-state index contributed by atoms with van der Waals surface area (Å²) in [5.74, 6) is -1.26. The number of nitrogens with zero attached hydrogens (tertiary/aromatic N) is 3. The predicted molar refractivity (Wildman–Crippen MR) is 64.1 cm³/mol. The van der Waals surface area contributed by atoms with Gasteiger partial charge in [-0.15, -0.1) is 0 Å². The van der Waals surface area contributed by atoms with E-state index in [2.05, 4.69) is 4.98 Å². The van der Waals surface area contributed by atoms with Gasteiger partial charge in [0, 0.05) is 19.8 Å². The molecule has 1 fully saturated rings. The summed E-state index contributed by atoms with van der Waals surface area (Å²) in [6.07, 6.45) is 5.30. The molecule has 1 aromatic rings. The van der Waals surface area contributed by atoms with Gasteiger partial charge < -0.3 is 14.6 Å². The van der Waals surface area contributed by atoms with Gasteiger partial charge in [0.2, 0.25) is 0 Å². The van der Waals surface area contributed by atoms with Crippen molar-refractivity contribution in [1.29, 1.82) is 0 Å². The van der Waals surface area contributed by atoms with Crippen molar-refractivity contribution in [3.8, 4) is 0 Å². The van der Waals surface area contributed by atoms with E-state index in [0.29, 0.717) is 18.7 Å². The fraction of sp³-hybridized carbons (Fsp3) is 0.583. The quantitative estimate of drug-likeness (QED) is 0.847. The summed E-state index contributed by atoms with van der Waals surface area (Å²) >= 11 is 0. The van der Waals surface area contributed by atoms with Crippen molar-refractivity contribution in [2.45, 2.75) is 31.7 Å². The van der Waals surface area contributed by atoms with Crippen molar-refractivity contribution in [3.63, 3.8) is 0 Å². The molecule has 1 aliphatic heterocycles. The molecule has 1 unspecified atom stereocenters. The van der Waals surface area contributed by atoms with Crippen LogP contribution in [0.1, 0.15) is 36.7 Å². The van der Waals surface area contributed by atoms with E-state index >= 15 is 0 Å². The van der Waals surface area contributed by atoms with Crippen molar-refractivity contribution in [2.75, 3.05) is 6.54 Å². The second kappa shape index (κ2) is 4.44. The summed E-state index contributed by atoms with van der Waals surface area (Å²) < 4.78 is 1.68. The molecule has 6 nitrogen and oxygen atoms in total. The number of hydrogen-bond acceptors (Lipinski definition) is 3. The average Bonchev–Trinajstić information content (AvgIpc) is 2.75. The third-order valence-electron chi connectivity index (χ3n) is 3.52. The Hall–Kier alpha value is -1.85. The lowest BCUT2D eigenvalue weighted by atomic mass is 9.88. The zero-order chi connectivity index (χ0) is 13.3. The number of carboxylic acid groups (broad SMARTS) is 1. The second-order valence-electron chi connectivity index (χ2n) is 4.92. The number of hydrogen-bond donors (Lipinski definition) is 1. The maximum atomic E-state index is 12.3. The van der Waals surface area contributed by atoms with E-state index in [1.54, 1.807) is 24.7 Å². The minimum atomic E-state index is -1.12. The van der Waals surface area contributed by atoms with Crippen molar-refractivity contribution in [2.24, 2.45) is 7.05 Å². The number of carbonyl (C=O) groups excluding carboxylic acids is 1. The first-order valence-corrected chi connectivity index (χ1v) is 5.98. The van der Waals surface area contributed by atoms with E-state index in [1.165, 1.54) is 11.2 Å². The highest BCUT2D eigenvalue weighted by Crippen LogP contribution is 2.29. The topological polar surface area (TPSA) is 75.4 Å². The molecule has 18 heavy (non-hydrogen) atoms. The van der Waals surface area contributed by atoms with Gasteiger partial charge in [-0.2, -0.15) is 0 Å². The summed E-state index contributed by atoms with van der Waals surface area (Å²) in [4.78, 5) is 29.2. The summed E-state index contributed by atoms with van der Waals surface area (Å²) in [7, 11) is 1.77. The van der Waals surface area contributed by atoms with E-state index < -0.39 is 11.5 Å². The molecule has 0 radical (unpaired) electrons. The molecule has 1 aromatic heterocycles. The highest BCUT2D eigenvalue weighted by atomic mass is 16.4. The standard InChI is InChI=1S/C12H17N3O3/c1-12(11(17)18)5-3-4-6-15(12)10(16)9-7-14(2)8-13-9/h7-8H,3-6H2,1-2H3,(H,17,18). The summed E-state index contributed by atoms with van der Waals surface area (Å²) in [5, 5.41) is 9.35. The Balaban J connectivity index is 2.30. The molecule has 0 spiro atoms. The zero-order valence-electron chi connectivity index (χ0n) is 10.6. The van der Waals surface area contributed by atoms with Gasteiger partial charge >= 0.3 is 5.97 Å². The molecule has 1 atom stereocenters. The monoisotopic (exact) mass is 251 g/mol. The molecular weight excluding hydrogens is 234 g/mol. The molecular formula is C12H17N3O3. The number of aryl methyl sites for hydroxylation is 1. The number of imidazole rings is 1. The Morgan fingerprint density at radius 2 is 2.17 bits per heavy atom. The van der Waals surface area contributed by atoms with Crippen molar-refractivity contribution in [3.05, 3.63) is 18.2 Å². The average molecular weight is 251 g/mol. The molecule has 1 N–H and O–H groups in total. The Morgan fingerprint density at radius 1 is 1.44 bits per heavy atom. The second-order valence-corrected chi connectivity index (χ2v) is 4.92. The molecule has 6 heteroatoms. The van der Waals surface area contributed by atoms with Crippen LogP contribution in [0.5, 0.6) is 0 Å². The molecule has 1 amide bonds. The maximum Gasteiger partial charge on any atom is 0.329 e. The minimum absolute atomic E-state index is 0.298. The molecule has 1 aliphatic rings. The van der Waals surface area contributed by atoms with E-state index in [4.69, 9.17) is 0 Å². The Bertz CT molecular complexity index is 483. The van der Waals surface area contributed by atoms with Gasteiger partial charge in [-0.25, -0.2) is 9.78 Å². The number of carbonyl (C=O) groups is 2. The smallest absolute Gasteiger partial charge is 0.329 e. The van der Waals surface area contributed by atoms with Gasteiger partial charge in [-0.05, 0) is 26.2 Å².